The third kappa shape index (κ3) is 4.30. The van der Waals surface area contributed by atoms with Crippen molar-refractivity contribution in [1.29, 1.82) is 0 Å². The molecule has 0 unspecified atom stereocenters. The summed E-state index contributed by atoms with van der Waals surface area (Å²) in [5, 5.41) is 0. The Morgan fingerprint density at radius 1 is 0.472 bits per heavy atom. The Bertz CT molecular complexity index is 1670. The molecule has 0 aromatic heterocycles. The molecule has 4 heteroatoms. The van der Waals surface area contributed by atoms with E-state index < -0.39 is 0 Å². The first-order chi connectivity index (χ1) is 17.7. The van der Waals surface area contributed by atoms with Crippen LogP contribution in [0.5, 0.6) is 0 Å². The highest BCUT2D eigenvalue weighted by atomic mass is 32.1. The standard InChI is InChI=1S/C32H22N2S2/c35-31-7-3-1-5-25-21(10-15-28(25)31)9-13-24-14-17-27-23(19-33-24)20-34-30(27)18-12-22-11-16-29-26(22)6-2-4-8-32(29)36/h1-20,35-36H/b13-9+,18-12+. The second-order valence-corrected chi connectivity index (χ2v) is 9.60. The van der Waals surface area contributed by atoms with E-state index in [0.29, 0.717) is 0 Å². The minimum atomic E-state index is 0.887. The lowest BCUT2D eigenvalue weighted by atomic mass is 10.1. The molecule has 6 rings (SSSR count). The molecule has 0 bridgehead atoms. The number of rotatable bonds is 4. The first kappa shape index (κ1) is 22.6. The Kier molecular flexibility index (Phi) is 6.06. The zero-order valence-corrected chi connectivity index (χ0v) is 21.1. The molecule has 0 spiro atoms. The summed E-state index contributed by atoms with van der Waals surface area (Å²) >= 11 is 9.23. The van der Waals surface area contributed by atoms with E-state index in [9.17, 15) is 0 Å². The van der Waals surface area contributed by atoms with Crippen LogP contribution in [-0.4, -0.2) is 9.97 Å². The SMILES string of the molecule is Sc1ccccc2c(/C=C/c3ccc4c(/C=C/c5ccc6c(S)ccccc5-6)ncc-4cn3)ccc1-2. The first-order valence-corrected chi connectivity index (χ1v) is 12.6. The lowest BCUT2D eigenvalue weighted by molar-refractivity contribution is 1.33. The largest absolute Gasteiger partial charge is 0.256 e. The fourth-order valence-electron chi connectivity index (χ4n) is 4.54. The van der Waals surface area contributed by atoms with E-state index in [0.717, 1.165) is 54.6 Å². The van der Waals surface area contributed by atoms with Crippen molar-refractivity contribution in [2.75, 3.05) is 0 Å². The molecule has 2 aliphatic heterocycles. The van der Waals surface area contributed by atoms with Crippen molar-refractivity contribution in [3.8, 4) is 33.4 Å². The van der Waals surface area contributed by atoms with Crippen LogP contribution in [0.4, 0.5) is 0 Å². The van der Waals surface area contributed by atoms with Crippen LogP contribution in [0.15, 0.2) is 107 Å². The number of aromatic nitrogens is 2. The molecule has 0 radical (unpaired) electrons. The van der Waals surface area contributed by atoms with Gasteiger partial charge in [-0.2, -0.15) is 0 Å². The minimum Gasteiger partial charge on any atom is -0.256 e. The Morgan fingerprint density at radius 2 is 1.03 bits per heavy atom. The second kappa shape index (κ2) is 9.65. The summed E-state index contributed by atoms with van der Waals surface area (Å²) in [5.74, 6) is 0. The Morgan fingerprint density at radius 3 is 1.69 bits per heavy atom. The van der Waals surface area contributed by atoms with E-state index >= 15 is 0 Å². The van der Waals surface area contributed by atoms with Gasteiger partial charge in [-0.3, -0.25) is 9.97 Å². The Balaban J connectivity index is 1.29. The third-order valence-electron chi connectivity index (χ3n) is 6.43. The van der Waals surface area contributed by atoms with Gasteiger partial charge in [0.15, 0.2) is 0 Å². The summed E-state index contributed by atoms with van der Waals surface area (Å²) in [4.78, 5) is 11.3. The molecule has 0 saturated heterocycles. The molecule has 4 aliphatic carbocycles. The van der Waals surface area contributed by atoms with Crippen LogP contribution in [0.25, 0.3) is 57.7 Å². The van der Waals surface area contributed by atoms with Gasteiger partial charge in [-0.25, -0.2) is 0 Å². The molecule has 36 heavy (non-hydrogen) atoms. The summed E-state index contributed by atoms with van der Waals surface area (Å²) in [6, 6.07) is 29.0. The van der Waals surface area contributed by atoms with Crippen LogP contribution in [0.1, 0.15) is 22.5 Å². The van der Waals surface area contributed by atoms with Gasteiger partial charge in [0.2, 0.25) is 0 Å². The van der Waals surface area contributed by atoms with Crippen LogP contribution in [0, 0.1) is 0 Å². The van der Waals surface area contributed by atoms with Gasteiger partial charge >= 0.3 is 0 Å². The van der Waals surface area contributed by atoms with Gasteiger partial charge in [-0.1, -0.05) is 72.8 Å². The van der Waals surface area contributed by atoms with Gasteiger partial charge in [0.1, 0.15) is 0 Å². The molecule has 0 aromatic carbocycles. The third-order valence-corrected chi connectivity index (χ3v) is 7.21. The van der Waals surface area contributed by atoms with Gasteiger partial charge in [0, 0.05) is 33.3 Å². The highest BCUT2D eigenvalue weighted by molar-refractivity contribution is 7.80. The summed E-state index contributed by atoms with van der Waals surface area (Å²) < 4.78 is 0. The molecule has 0 amide bonds. The summed E-state index contributed by atoms with van der Waals surface area (Å²) in [6.07, 6.45) is 12.1. The van der Waals surface area contributed by atoms with E-state index in [1.54, 1.807) is 0 Å². The maximum atomic E-state index is 4.69. The number of fused-ring (bicyclic) bond motifs is 3. The maximum Gasteiger partial charge on any atom is 0.0709 e. The predicted molar refractivity (Wildman–Crippen MR) is 157 cm³/mol. The zero-order valence-electron chi connectivity index (χ0n) is 19.3. The van der Waals surface area contributed by atoms with Gasteiger partial charge < -0.3 is 0 Å². The minimum absolute atomic E-state index is 0.887. The van der Waals surface area contributed by atoms with Crippen molar-refractivity contribution in [2.45, 2.75) is 9.79 Å². The fourth-order valence-corrected chi connectivity index (χ4v) is 5.11. The van der Waals surface area contributed by atoms with Crippen LogP contribution >= 0.6 is 25.3 Å². The maximum absolute atomic E-state index is 4.69. The van der Waals surface area contributed by atoms with Crippen molar-refractivity contribution in [1.82, 2.24) is 9.97 Å². The van der Waals surface area contributed by atoms with Gasteiger partial charge in [-0.05, 0) is 69.8 Å². The van der Waals surface area contributed by atoms with Crippen molar-refractivity contribution >= 4 is 49.6 Å². The molecule has 2 heterocycles. The monoisotopic (exact) mass is 498 g/mol. The molecule has 0 atom stereocenters. The quantitative estimate of drug-likeness (QED) is 0.238. The predicted octanol–water partition coefficient (Wildman–Crippen LogP) is 8.71. The van der Waals surface area contributed by atoms with Crippen LogP contribution in [0.3, 0.4) is 0 Å². The molecule has 0 aromatic rings. The van der Waals surface area contributed by atoms with Crippen LogP contribution in [-0.2, 0) is 0 Å². The smallest absolute Gasteiger partial charge is 0.0709 e. The molecule has 2 nitrogen and oxygen atoms in total. The highest BCUT2D eigenvalue weighted by Crippen LogP contribution is 2.35. The summed E-state index contributed by atoms with van der Waals surface area (Å²) in [7, 11) is 0. The summed E-state index contributed by atoms with van der Waals surface area (Å²) in [5.41, 5.74) is 10.8. The number of hydrogen-bond donors (Lipinski definition) is 2. The highest BCUT2D eigenvalue weighted by Gasteiger charge is 2.12. The van der Waals surface area contributed by atoms with Crippen molar-refractivity contribution in [3.63, 3.8) is 0 Å². The normalized spacial score (nSPS) is 11.9. The summed E-state index contributed by atoms with van der Waals surface area (Å²) in [6.45, 7) is 0. The average Bonchev–Trinajstić information content (AvgIpc) is 3.47. The van der Waals surface area contributed by atoms with Crippen LogP contribution < -0.4 is 0 Å². The van der Waals surface area contributed by atoms with Gasteiger partial charge in [0.05, 0.1) is 11.4 Å². The molecular formula is C32H22N2S2. The van der Waals surface area contributed by atoms with Crippen molar-refractivity contribution in [3.05, 3.63) is 120 Å². The zero-order chi connectivity index (χ0) is 24.5. The van der Waals surface area contributed by atoms with E-state index in [1.807, 2.05) is 60.9 Å². The molecule has 0 fully saturated rings. The van der Waals surface area contributed by atoms with Gasteiger partial charge in [-0.15, -0.1) is 25.3 Å². The van der Waals surface area contributed by atoms with E-state index in [2.05, 4.69) is 95.9 Å². The van der Waals surface area contributed by atoms with Gasteiger partial charge in [0.25, 0.3) is 0 Å². The van der Waals surface area contributed by atoms with Crippen molar-refractivity contribution in [2.24, 2.45) is 0 Å². The number of hydrogen-bond acceptors (Lipinski definition) is 4. The van der Waals surface area contributed by atoms with E-state index in [1.165, 1.54) is 11.1 Å². The molecular weight excluding hydrogens is 477 g/mol. The Labute approximate surface area is 221 Å². The molecule has 0 N–H and O–H groups in total. The number of nitrogens with zero attached hydrogens (tertiary/aromatic N) is 2. The van der Waals surface area contributed by atoms with E-state index in [4.69, 9.17) is 0 Å². The second-order valence-electron chi connectivity index (χ2n) is 8.63. The fraction of sp³-hybridized carbons (Fsp3) is 0. The lowest BCUT2D eigenvalue weighted by Gasteiger charge is -1.98. The average molecular weight is 499 g/mol. The molecule has 6 aliphatic rings. The Hall–Kier alpha value is -3.86. The molecule has 0 saturated carbocycles. The topological polar surface area (TPSA) is 25.8 Å². The lowest BCUT2D eigenvalue weighted by Crippen LogP contribution is -1.76. The van der Waals surface area contributed by atoms with E-state index in [-0.39, 0.29) is 0 Å². The first-order valence-electron chi connectivity index (χ1n) is 11.7. The molecule has 172 valence electrons. The van der Waals surface area contributed by atoms with Crippen molar-refractivity contribution < 1.29 is 0 Å². The van der Waals surface area contributed by atoms with Crippen LogP contribution in [0.2, 0.25) is 0 Å². The number of thiol groups is 2.